The van der Waals surface area contributed by atoms with Crippen LogP contribution >= 0.6 is 0 Å². The number of nitrogens with one attached hydrogen (secondary N) is 1. The third-order valence-electron chi connectivity index (χ3n) is 8.31. The summed E-state index contributed by atoms with van der Waals surface area (Å²) >= 11 is 0. The van der Waals surface area contributed by atoms with Crippen LogP contribution in [0.2, 0.25) is 0 Å². The van der Waals surface area contributed by atoms with Gasteiger partial charge in [-0.1, -0.05) is 0 Å². The van der Waals surface area contributed by atoms with Crippen molar-refractivity contribution in [3.05, 3.63) is 57.9 Å². The molecule has 1 aliphatic carbocycles. The highest BCUT2D eigenvalue weighted by molar-refractivity contribution is 6.15. The highest BCUT2D eigenvalue weighted by atomic mass is 16.5. The highest BCUT2D eigenvalue weighted by Crippen LogP contribution is 2.58. The van der Waals surface area contributed by atoms with Gasteiger partial charge in [-0.25, -0.2) is 14.6 Å². The minimum absolute atomic E-state index is 0.0320. The molecule has 4 heterocycles. The quantitative estimate of drug-likeness (QED) is 0.265. The van der Waals surface area contributed by atoms with Crippen molar-refractivity contribution in [1.82, 2.24) is 24.7 Å². The number of aromatic nitrogens is 5. The fraction of sp³-hybridized carbons (Fsp3) is 0.233. The van der Waals surface area contributed by atoms with Gasteiger partial charge in [-0.15, -0.1) is 0 Å². The predicted molar refractivity (Wildman–Crippen MR) is 151 cm³/mol. The van der Waals surface area contributed by atoms with Crippen LogP contribution in [0.1, 0.15) is 57.1 Å². The molecule has 42 heavy (non-hydrogen) atoms. The Kier molecular flexibility index (Phi) is 5.06. The van der Waals surface area contributed by atoms with Crippen LogP contribution in [0.4, 0.5) is 0 Å². The number of ether oxygens (including phenoxy) is 3. The SMILES string of the molecule is COc1cc2[nH]c3c(-n4nc(C)c5c4C=C4Oc6c(C(C)=O)c(O)c(C)c(O)c6C4(C)C5=O)ncnc3c2cc1OC. The number of carbonyl (C=O) groups excluding carboxylic acids is 2. The van der Waals surface area contributed by atoms with E-state index in [1.165, 1.54) is 20.2 Å². The molecule has 0 saturated heterocycles. The van der Waals surface area contributed by atoms with E-state index in [4.69, 9.17) is 19.3 Å². The van der Waals surface area contributed by atoms with Crippen molar-refractivity contribution < 1.29 is 34.0 Å². The molecule has 0 bridgehead atoms. The Hall–Kier alpha value is -5.39. The van der Waals surface area contributed by atoms with E-state index in [2.05, 4.69) is 15.0 Å². The van der Waals surface area contributed by atoms with Gasteiger partial charge in [0, 0.05) is 23.1 Å². The van der Waals surface area contributed by atoms with Gasteiger partial charge in [0.2, 0.25) is 0 Å². The van der Waals surface area contributed by atoms with E-state index in [1.54, 1.807) is 44.9 Å². The standard InChI is InChI=1S/C30H25N5O7/c1-11-25(37)21(13(3)36)27-22(26(11)38)30(4)19(42-27)9-16-20(28(30)39)12(2)34-35(16)29-24-23(31-10-32-29)14-7-17(40-5)18(41-6)8-15(14)33-24/h7-10,33,37-38H,1-6H3. The van der Waals surface area contributed by atoms with E-state index >= 15 is 0 Å². The maximum atomic E-state index is 14.3. The highest BCUT2D eigenvalue weighted by Gasteiger charge is 2.55. The number of phenols is 2. The first-order chi connectivity index (χ1) is 20.0. The Bertz CT molecular complexity index is 2110. The van der Waals surface area contributed by atoms with Gasteiger partial charge in [0.25, 0.3) is 0 Å². The maximum absolute atomic E-state index is 14.3. The number of allylic oxidation sites excluding steroid dienone is 1. The summed E-state index contributed by atoms with van der Waals surface area (Å²) in [6.45, 7) is 6.12. The van der Waals surface area contributed by atoms with Crippen LogP contribution < -0.4 is 14.2 Å². The largest absolute Gasteiger partial charge is 0.507 e. The Labute approximate surface area is 238 Å². The van der Waals surface area contributed by atoms with Crippen molar-refractivity contribution in [1.29, 1.82) is 0 Å². The van der Waals surface area contributed by atoms with Crippen molar-refractivity contribution >= 4 is 39.6 Å². The van der Waals surface area contributed by atoms with Gasteiger partial charge in [-0.05, 0) is 33.8 Å². The molecule has 1 unspecified atom stereocenters. The molecule has 0 radical (unpaired) electrons. The minimum Gasteiger partial charge on any atom is -0.507 e. The normalized spacial score (nSPS) is 17.1. The summed E-state index contributed by atoms with van der Waals surface area (Å²) in [4.78, 5) is 39.2. The number of aromatic hydroxyl groups is 2. The fourth-order valence-corrected chi connectivity index (χ4v) is 6.12. The Balaban J connectivity index is 1.47. The number of carbonyl (C=O) groups is 2. The molecular formula is C30H25N5O7. The molecule has 0 amide bonds. The molecule has 212 valence electrons. The van der Waals surface area contributed by atoms with Gasteiger partial charge in [0.1, 0.15) is 51.3 Å². The molecule has 0 spiro atoms. The Morgan fingerprint density at radius 1 is 1.10 bits per heavy atom. The summed E-state index contributed by atoms with van der Waals surface area (Å²) in [5, 5.41) is 27.3. The summed E-state index contributed by atoms with van der Waals surface area (Å²) < 4.78 is 18.6. The monoisotopic (exact) mass is 567 g/mol. The van der Waals surface area contributed by atoms with Gasteiger partial charge in [-0.2, -0.15) is 5.10 Å². The lowest BCUT2D eigenvalue weighted by Crippen LogP contribution is -2.36. The number of phenolic OH excluding ortho intramolecular Hbond substituents is 2. The van der Waals surface area contributed by atoms with Crippen LogP contribution in [0.3, 0.4) is 0 Å². The van der Waals surface area contributed by atoms with Gasteiger partial charge >= 0.3 is 0 Å². The molecule has 1 atom stereocenters. The number of fused-ring (bicyclic) bond motifs is 7. The first kappa shape index (κ1) is 25.6. The number of benzene rings is 2. The lowest BCUT2D eigenvalue weighted by Gasteiger charge is -2.27. The second kappa shape index (κ2) is 8.32. The number of methoxy groups -OCH3 is 2. The maximum Gasteiger partial charge on any atom is 0.185 e. The first-order valence-corrected chi connectivity index (χ1v) is 13.1. The van der Waals surface area contributed by atoms with Gasteiger partial charge in [0.05, 0.1) is 42.3 Å². The third-order valence-corrected chi connectivity index (χ3v) is 8.31. The third kappa shape index (κ3) is 2.98. The molecule has 0 fully saturated rings. The van der Waals surface area contributed by atoms with Crippen LogP contribution in [0.5, 0.6) is 28.7 Å². The number of nitrogens with zero attached hydrogens (tertiary/aromatic N) is 4. The van der Waals surface area contributed by atoms with E-state index in [0.717, 1.165) is 10.9 Å². The van der Waals surface area contributed by atoms with Gasteiger partial charge < -0.3 is 29.4 Å². The molecule has 1 aliphatic heterocycles. The average molecular weight is 568 g/mol. The van der Waals surface area contributed by atoms with Crippen LogP contribution in [0.15, 0.2) is 24.2 Å². The van der Waals surface area contributed by atoms with Crippen LogP contribution in [-0.4, -0.2) is 60.7 Å². The number of aryl methyl sites for hydroxylation is 1. The van der Waals surface area contributed by atoms with Crippen molar-refractivity contribution in [3.63, 3.8) is 0 Å². The lowest BCUT2D eigenvalue weighted by molar-refractivity contribution is 0.0905. The second-order valence-electron chi connectivity index (χ2n) is 10.6. The van der Waals surface area contributed by atoms with Crippen LogP contribution in [0.25, 0.3) is 33.8 Å². The molecule has 0 saturated carbocycles. The molecule has 3 aromatic heterocycles. The molecule has 2 aromatic carbocycles. The molecule has 2 aliphatic rings. The zero-order chi connectivity index (χ0) is 29.8. The zero-order valence-corrected chi connectivity index (χ0v) is 23.5. The van der Waals surface area contributed by atoms with E-state index in [-0.39, 0.29) is 45.5 Å². The van der Waals surface area contributed by atoms with E-state index < -0.39 is 11.2 Å². The summed E-state index contributed by atoms with van der Waals surface area (Å²) in [5.41, 5.74) is 1.77. The number of hydrogen-bond acceptors (Lipinski definition) is 10. The second-order valence-corrected chi connectivity index (χ2v) is 10.6. The Morgan fingerprint density at radius 2 is 1.81 bits per heavy atom. The van der Waals surface area contributed by atoms with Crippen molar-refractivity contribution in [2.75, 3.05) is 14.2 Å². The number of H-pyrrole nitrogens is 1. The number of Topliss-reactive ketones (excluding diaryl/α,β-unsaturated/α-hetero) is 2. The fourth-order valence-electron chi connectivity index (χ4n) is 6.12. The predicted octanol–water partition coefficient (Wildman–Crippen LogP) is 4.43. The smallest absolute Gasteiger partial charge is 0.185 e. The van der Waals surface area contributed by atoms with Gasteiger partial charge in [-0.3, -0.25) is 9.59 Å². The van der Waals surface area contributed by atoms with E-state index in [1.807, 2.05) is 6.07 Å². The molecular weight excluding hydrogens is 542 g/mol. The summed E-state index contributed by atoms with van der Waals surface area (Å²) in [6, 6.07) is 3.63. The number of aromatic amines is 1. The summed E-state index contributed by atoms with van der Waals surface area (Å²) in [6.07, 6.45) is 3.08. The number of rotatable bonds is 4. The van der Waals surface area contributed by atoms with Crippen LogP contribution in [0, 0.1) is 13.8 Å². The number of ketones is 2. The summed E-state index contributed by atoms with van der Waals surface area (Å²) in [5.74, 6) is 0.113. The van der Waals surface area contributed by atoms with Crippen molar-refractivity contribution in [2.45, 2.75) is 33.1 Å². The van der Waals surface area contributed by atoms with Crippen molar-refractivity contribution in [2.24, 2.45) is 0 Å². The lowest BCUT2D eigenvalue weighted by atomic mass is 9.71. The Morgan fingerprint density at radius 3 is 2.50 bits per heavy atom. The zero-order valence-electron chi connectivity index (χ0n) is 23.5. The van der Waals surface area contributed by atoms with E-state index in [0.29, 0.717) is 45.3 Å². The van der Waals surface area contributed by atoms with Crippen LogP contribution in [-0.2, 0) is 5.41 Å². The minimum atomic E-state index is -1.46. The molecule has 3 N–H and O–H groups in total. The van der Waals surface area contributed by atoms with E-state index in [9.17, 15) is 19.8 Å². The van der Waals surface area contributed by atoms with Crippen molar-refractivity contribution in [3.8, 4) is 34.6 Å². The molecule has 5 aromatic rings. The first-order valence-electron chi connectivity index (χ1n) is 13.1. The average Bonchev–Trinajstić information content (AvgIpc) is 3.60. The molecule has 12 heteroatoms. The van der Waals surface area contributed by atoms with Gasteiger partial charge in [0.15, 0.2) is 28.9 Å². The number of hydrogen-bond donors (Lipinski definition) is 3. The summed E-state index contributed by atoms with van der Waals surface area (Å²) in [7, 11) is 3.11. The topological polar surface area (TPSA) is 162 Å². The molecule has 7 rings (SSSR count). The molecule has 12 nitrogen and oxygen atoms in total.